The Labute approximate surface area is 77.5 Å². The minimum atomic E-state index is -0.653. The van der Waals surface area contributed by atoms with Crippen LogP contribution < -0.4 is 0 Å². The van der Waals surface area contributed by atoms with E-state index < -0.39 is 11.9 Å². The Morgan fingerprint density at radius 2 is 1.62 bits per heavy atom. The van der Waals surface area contributed by atoms with Crippen LogP contribution in [0.25, 0.3) is 0 Å². The SMILES string of the molecule is CCCC=C(C(=O)OC)C(=O)OC. The molecule has 0 atom stereocenters. The minimum absolute atomic E-state index is 0.0353. The van der Waals surface area contributed by atoms with E-state index in [1.807, 2.05) is 6.92 Å². The summed E-state index contributed by atoms with van der Waals surface area (Å²) in [5, 5.41) is 0. The zero-order chi connectivity index (χ0) is 10.3. The van der Waals surface area contributed by atoms with Crippen molar-refractivity contribution in [2.24, 2.45) is 0 Å². The van der Waals surface area contributed by atoms with Gasteiger partial charge < -0.3 is 9.47 Å². The molecule has 0 N–H and O–H groups in total. The molecule has 0 aliphatic carbocycles. The minimum Gasteiger partial charge on any atom is -0.465 e. The Kier molecular flexibility index (Phi) is 5.59. The molecule has 4 nitrogen and oxygen atoms in total. The van der Waals surface area contributed by atoms with Crippen molar-refractivity contribution in [2.75, 3.05) is 14.2 Å². The van der Waals surface area contributed by atoms with E-state index in [-0.39, 0.29) is 5.57 Å². The van der Waals surface area contributed by atoms with Gasteiger partial charge in [-0.1, -0.05) is 19.4 Å². The molecule has 0 heterocycles. The van der Waals surface area contributed by atoms with Crippen molar-refractivity contribution >= 4 is 11.9 Å². The summed E-state index contributed by atoms with van der Waals surface area (Å²) in [6, 6.07) is 0. The first-order valence-corrected chi connectivity index (χ1v) is 4.04. The van der Waals surface area contributed by atoms with Crippen LogP contribution in [-0.4, -0.2) is 26.2 Å². The Morgan fingerprint density at radius 1 is 1.15 bits per heavy atom. The van der Waals surface area contributed by atoms with Gasteiger partial charge in [0.1, 0.15) is 5.57 Å². The monoisotopic (exact) mass is 186 g/mol. The summed E-state index contributed by atoms with van der Waals surface area (Å²) in [6.07, 6.45) is 3.04. The van der Waals surface area contributed by atoms with Gasteiger partial charge in [0.25, 0.3) is 0 Å². The Hall–Kier alpha value is -1.32. The smallest absolute Gasteiger partial charge is 0.344 e. The fraction of sp³-hybridized carbons (Fsp3) is 0.556. The third-order valence-corrected chi connectivity index (χ3v) is 1.45. The van der Waals surface area contributed by atoms with Crippen molar-refractivity contribution in [1.82, 2.24) is 0 Å². The molecule has 0 bridgehead atoms. The molecule has 13 heavy (non-hydrogen) atoms. The third kappa shape index (κ3) is 3.73. The molecule has 0 aromatic carbocycles. The topological polar surface area (TPSA) is 52.6 Å². The second kappa shape index (κ2) is 6.22. The van der Waals surface area contributed by atoms with E-state index in [0.717, 1.165) is 6.42 Å². The lowest BCUT2D eigenvalue weighted by atomic mass is 10.2. The summed E-state index contributed by atoms with van der Waals surface area (Å²) in [7, 11) is 2.45. The molecule has 0 spiro atoms. The molecule has 0 saturated heterocycles. The number of carbonyl (C=O) groups excluding carboxylic acids is 2. The molecule has 0 unspecified atom stereocenters. The second-order valence-corrected chi connectivity index (χ2v) is 2.39. The van der Waals surface area contributed by atoms with Crippen molar-refractivity contribution in [3.63, 3.8) is 0 Å². The van der Waals surface area contributed by atoms with Crippen molar-refractivity contribution in [1.29, 1.82) is 0 Å². The van der Waals surface area contributed by atoms with Crippen LogP contribution in [0.15, 0.2) is 11.6 Å². The van der Waals surface area contributed by atoms with E-state index in [2.05, 4.69) is 9.47 Å². The maximum absolute atomic E-state index is 11.0. The number of allylic oxidation sites excluding steroid dienone is 1. The molecule has 4 heteroatoms. The number of esters is 2. The zero-order valence-electron chi connectivity index (χ0n) is 8.12. The average molecular weight is 186 g/mol. The standard InChI is InChI=1S/C9H14O4/c1-4-5-6-7(8(10)12-2)9(11)13-3/h6H,4-5H2,1-3H3. The molecular formula is C9H14O4. The quantitative estimate of drug-likeness (QED) is 0.285. The molecule has 0 aliphatic rings. The van der Waals surface area contributed by atoms with E-state index in [4.69, 9.17) is 0 Å². The van der Waals surface area contributed by atoms with E-state index in [9.17, 15) is 9.59 Å². The van der Waals surface area contributed by atoms with E-state index in [1.54, 1.807) is 0 Å². The number of carbonyl (C=O) groups is 2. The molecule has 0 radical (unpaired) electrons. The number of hydrogen-bond acceptors (Lipinski definition) is 4. The van der Waals surface area contributed by atoms with Gasteiger partial charge in [-0.2, -0.15) is 0 Å². The Bertz CT molecular complexity index is 200. The Balaban J connectivity index is 4.54. The molecule has 0 amide bonds. The van der Waals surface area contributed by atoms with Crippen LogP contribution in [0.1, 0.15) is 19.8 Å². The maximum Gasteiger partial charge on any atom is 0.344 e. The van der Waals surface area contributed by atoms with Gasteiger partial charge in [-0.25, -0.2) is 9.59 Å². The second-order valence-electron chi connectivity index (χ2n) is 2.39. The lowest BCUT2D eigenvalue weighted by molar-refractivity contribution is -0.144. The van der Waals surface area contributed by atoms with Gasteiger partial charge in [-0.15, -0.1) is 0 Å². The van der Waals surface area contributed by atoms with Gasteiger partial charge in [0.05, 0.1) is 14.2 Å². The first-order chi connectivity index (χ1) is 6.17. The van der Waals surface area contributed by atoms with Gasteiger partial charge in [0.2, 0.25) is 0 Å². The van der Waals surface area contributed by atoms with Crippen LogP contribution in [0.4, 0.5) is 0 Å². The fourth-order valence-electron chi connectivity index (χ4n) is 0.759. The number of methoxy groups -OCH3 is 2. The van der Waals surface area contributed by atoms with Crippen molar-refractivity contribution in [2.45, 2.75) is 19.8 Å². The summed E-state index contributed by atoms with van der Waals surface area (Å²) < 4.78 is 8.85. The highest BCUT2D eigenvalue weighted by Gasteiger charge is 2.18. The van der Waals surface area contributed by atoms with Gasteiger partial charge in [0.15, 0.2) is 0 Å². The van der Waals surface area contributed by atoms with Gasteiger partial charge in [-0.3, -0.25) is 0 Å². The number of unbranched alkanes of at least 4 members (excludes halogenated alkanes) is 1. The molecule has 0 rings (SSSR count). The summed E-state index contributed by atoms with van der Waals surface area (Å²) in [5.41, 5.74) is -0.0353. The average Bonchev–Trinajstić information content (AvgIpc) is 2.17. The van der Waals surface area contributed by atoms with Crippen molar-refractivity contribution in [3.05, 3.63) is 11.6 Å². The lowest BCUT2D eigenvalue weighted by Gasteiger charge is -2.02. The maximum atomic E-state index is 11.0. The lowest BCUT2D eigenvalue weighted by Crippen LogP contribution is -2.15. The normalized spacial score (nSPS) is 8.85. The fourth-order valence-corrected chi connectivity index (χ4v) is 0.759. The van der Waals surface area contributed by atoms with E-state index >= 15 is 0 Å². The number of hydrogen-bond donors (Lipinski definition) is 0. The molecule has 0 fully saturated rings. The summed E-state index contributed by atoms with van der Waals surface area (Å²) in [4.78, 5) is 22.1. The largest absolute Gasteiger partial charge is 0.465 e. The zero-order valence-corrected chi connectivity index (χ0v) is 8.12. The predicted molar refractivity (Wildman–Crippen MR) is 47.0 cm³/mol. The molecule has 0 aliphatic heterocycles. The van der Waals surface area contributed by atoms with E-state index in [1.165, 1.54) is 20.3 Å². The highest BCUT2D eigenvalue weighted by Crippen LogP contribution is 2.03. The molecule has 0 aromatic rings. The summed E-state index contributed by atoms with van der Waals surface area (Å²) in [6.45, 7) is 1.95. The predicted octanol–water partition coefficient (Wildman–Crippen LogP) is 1.06. The van der Waals surface area contributed by atoms with Crippen LogP contribution in [0.3, 0.4) is 0 Å². The van der Waals surface area contributed by atoms with Crippen molar-refractivity contribution in [3.8, 4) is 0 Å². The first kappa shape index (κ1) is 11.7. The van der Waals surface area contributed by atoms with Crippen LogP contribution in [0.5, 0.6) is 0 Å². The van der Waals surface area contributed by atoms with Crippen molar-refractivity contribution < 1.29 is 19.1 Å². The summed E-state index contributed by atoms with van der Waals surface area (Å²) in [5.74, 6) is -1.30. The van der Waals surface area contributed by atoms with Crippen LogP contribution in [0.2, 0.25) is 0 Å². The molecular weight excluding hydrogens is 172 g/mol. The summed E-state index contributed by atoms with van der Waals surface area (Å²) >= 11 is 0. The van der Waals surface area contributed by atoms with Gasteiger partial charge >= 0.3 is 11.9 Å². The number of ether oxygens (including phenoxy) is 2. The highest BCUT2D eigenvalue weighted by atomic mass is 16.5. The van der Waals surface area contributed by atoms with Crippen LogP contribution in [-0.2, 0) is 19.1 Å². The van der Waals surface area contributed by atoms with Gasteiger partial charge in [0, 0.05) is 0 Å². The molecule has 74 valence electrons. The van der Waals surface area contributed by atoms with Crippen LogP contribution >= 0.6 is 0 Å². The molecule has 0 saturated carbocycles. The van der Waals surface area contributed by atoms with E-state index in [0.29, 0.717) is 6.42 Å². The van der Waals surface area contributed by atoms with Gasteiger partial charge in [-0.05, 0) is 6.42 Å². The number of rotatable bonds is 4. The highest BCUT2D eigenvalue weighted by molar-refractivity contribution is 6.13. The Morgan fingerprint density at radius 3 is 1.92 bits per heavy atom. The molecule has 0 aromatic heterocycles. The first-order valence-electron chi connectivity index (χ1n) is 4.04. The van der Waals surface area contributed by atoms with Crippen LogP contribution in [0, 0.1) is 0 Å². The third-order valence-electron chi connectivity index (χ3n) is 1.45.